The Morgan fingerprint density at radius 2 is 1.67 bits per heavy atom. The first-order valence-electron chi connectivity index (χ1n) is 3.48. The van der Waals surface area contributed by atoms with Gasteiger partial charge in [-0.15, -0.1) is 0 Å². The van der Waals surface area contributed by atoms with Gasteiger partial charge in [0, 0.05) is 12.1 Å². The number of carbonyl (C=O) groups excluding carboxylic acids is 1. The van der Waals surface area contributed by atoms with Gasteiger partial charge in [0.15, 0.2) is 6.10 Å². The summed E-state index contributed by atoms with van der Waals surface area (Å²) in [5.41, 5.74) is 0. The molecule has 3 heteroatoms. The van der Waals surface area contributed by atoms with Crippen LogP contribution in [0.4, 0.5) is 0 Å². The minimum Gasteiger partial charge on any atom is -0.270 e. The highest BCUT2D eigenvalue weighted by molar-refractivity contribution is 5.83. The number of hydrogen-bond acceptors (Lipinski definition) is 1. The van der Waals surface area contributed by atoms with Crippen molar-refractivity contribution in [2.24, 2.45) is 0 Å². The lowest BCUT2D eigenvalue weighted by Crippen LogP contribution is -2.30. The molecule has 1 amide bonds. The molecule has 0 aromatic rings. The third-order valence-electron chi connectivity index (χ3n) is 1.02. The van der Waals surface area contributed by atoms with Crippen LogP contribution in [0.1, 0.15) is 20.8 Å². The molecular formula is C9H10NO2. The first kappa shape index (κ1) is 10.6. The summed E-state index contributed by atoms with van der Waals surface area (Å²) in [5.74, 6) is 4.39. The molecule has 63 valence electrons. The van der Waals surface area contributed by atoms with Crippen molar-refractivity contribution in [1.82, 2.24) is 4.90 Å². The van der Waals surface area contributed by atoms with Gasteiger partial charge in [0.1, 0.15) is 0 Å². The fraction of sp³-hybridized carbons (Fsp3) is 0.444. The van der Waals surface area contributed by atoms with E-state index < -0.39 is 12.0 Å². The lowest BCUT2D eigenvalue weighted by molar-refractivity contribution is -0.136. The maximum Gasteiger partial charge on any atom is 0.278 e. The summed E-state index contributed by atoms with van der Waals surface area (Å²) in [7, 11) is 0. The second-order valence-corrected chi connectivity index (χ2v) is 2.04. The van der Waals surface area contributed by atoms with Crippen molar-refractivity contribution in [3.8, 4) is 23.9 Å². The molecule has 0 aliphatic heterocycles. The van der Waals surface area contributed by atoms with E-state index in [0.717, 1.165) is 4.90 Å². The van der Waals surface area contributed by atoms with E-state index in [0.29, 0.717) is 0 Å². The molecule has 0 spiro atoms. The molecule has 0 saturated heterocycles. The van der Waals surface area contributed by atoms with Gasteiger partial charge in [-0.3, -0.25) is 4.79 Å². The second-order valence-electron chi connectivity index (χ2n) is 2.04. The Kier molecular flexibility index (Phi) is 4.60. The Morgan fingerprint density at radius 1 is 1.25 bits per heavy atom. The van der Waals surface area contributed by atoms with E-state index in [2.05, 4.69) is 23.9 Å². The van der Waals surface area contributed by atoms with E-state index in [9.17, 15) is 9.90 Å². The Morgan fingerprint density at radius 3 is 1.92 bits per heavy atom. The van der Waals surface area contributed by atoms with Gasteiger partial charge in [0.2, 0.25) is 0 Å². The molecule has 0 aromatic carbocycles. The molecule has 0 rings (SSSR count). The first-order valence-corrected chi connectivity index (χ1v) is 3.48. The van der Waals surface area contributed by atoms with Gasteiger partial charge in [0.25, 0.3) is 5.91 Å². The van der Waals surface area contributed by atoms with E-state index in [1.807, 2.05) is 0 Å². The molecule has 0 fully saturated rings. The Bertz CT molecular complexity index is 252. The zero-order chi connectivity index (χ0) is 9.56. The summed E-state index contributed by atoms with van der Waals surface area (Å²) >= 11 is 0. The van der Waals surface area contributed by atoms with Crippen LogP contribution in [0.15, 0.2) is 0 Å². The van der Waals surface area contributed by atoms with Crippen LogP contribution in [0.2, 0.25) is 0 Å². The average molecular weight is 164 g/mol. The Hall–Kier alpha value is -1.45. The minimum absolute atomic E-state index is 0.612. The van der Waals surface area contributed by atoms with Gasteiger partial charge in [0.05, 0.1) is 0 Å². The largest absolute Gasteiger partial charge is 0.278 e. The van der Waals surface area contributed by atoms with Crippen molar-refractivity contribution >= 4 is 5.91 Å². The molecule has 0 saturated carbocycles. The molecule has 1 radical (unpaired) electrons. The molecule has 0 heterocycles. The number of rotatable bonds is 1. The van der Waals surface area contributed by atoms with Crippen LogP contribution in [0.5, 0.6) is 0 Å². The molecule has 0 aliphatic carbocycles. The van der Waals surface area contributed by atoms with Crippen molar-refractivity contribution in [2.45, 2.75) is 26.9 Å². The molecule has 3 nitrogen and oxygen atoms in total. The standard InChI is InChI=1S/C9H10NO2/c1-4-6-10(7-5-2)9(12)8(3)11/h8H,1-3H3. The highest BCUT2D eigenvalue weighted by Gasteiger charge is 2.16. The smallest absolute Gasteiger partial charge is 0.270 e. The normalized spacial score (nSPS) is 10.0. The van der Waals surface area contributed by atoms with Gasteiger partial charge >= 0.3 is 0 Å². The topological polar surface area (TPSA) is 40.2 Å². The van der Waals surface area contributed by atoms with Crippen molar-refractivity contribution in [1.29, 1.82) is 0 Å². The number of amides is 1. The molecule has 0 aromatic heterocycles. The van der Waals surface area contributed by atoms with Crippen LogP contribution in [-0.4, -0.2) is 16.9 Å². The zero-order valence-electron chi connectivity index (χ0n) is 7.34. The van der Waals surface area contributed by atoms with Gasteiger partial charge in [-0.25, -0.2) is 5.11 Å². The van der Waals surface area contributed by atoms with E-state index in [1.54, 1.807) is 13.8 Å². The second kappa shape index (κ2) is 5.23. The van der Waals surface area contributed by atoms with E-state index in [4.69, 9.17) is 0 Å². The summed E-state index contributed by atoms with van der Waals surface area (Å²) in [6.07, 6.45) is -1.31. The van der Waals surface area contributed by atoms with Crippen LogP contribution in [-0.2, 0) is 9.90 Å². The third-order valence-corrected chi connectivity index (χ3v) is 1.02. The van der Waals surface area contributed by atoms with Gasteiger partial charge in [-0.1, -0.05) is 11.8 Å². The molecule has 0 N–H and O–H groups in total. The highest BCUT2D eigenvalue weighted by atomic mass is 16.3. The maximum absolute atomic E-state index is 11.0. The number of hydrogen-bond donors (Lipinski definition) is 0. The molecule has 0 bridgehead atoms. The number of carbonyl (C=O) groups is 1. The number of nitrogens with zero attached hydrogens (tertiary/aromatic N) is 1. The Labute approximate surface area is 72.4 Å². The van der Waals surface area contributed by atoms with Crippen molar-refractivity contribution in [3.05, 3.63) is 0 Å². The van der Waals surface area contributed by atoms with Crippen molar-refractivity contribution < 1.29 is 9.90 Å². The zero-order valence-corrected chi connectivity index (χ0v) is 7.34. The first-order chi connectivity index (χ1) is 5.63. The molecule has 1 unspecified atom stereocenters. The summed E-state index contributed by atoms with van der Waals surface area (Å²) in [4.78, 5) is 12.0. The lowest BCUT2D eigenvalue weighted by atomic mass is 10.3. The van der Waals surface area contributed by atoms with Gasteiger partial charge < -0.3 is 0 Å². The van der Waals surface area contributed by atoms with Crippen LogP contribution >= 0.6 is 0 Å². The fourth-order valence-electron chi connectivity index (χ4n) is 0.544. The maximum atomic E-state index is 11.0. The summed E-state index contributed by atoms with van der Waals surface area (Å²) < 4.78 is 0. The van der Waals surface area contributed by atoms with Crippen LogP contribution < -0.4 is 0 Å². The molecule has 1 atom stereocenters. The highest BCUT2D eigenvalue weighted by Crippen LogP contribution is 1.91. The molecule has 12 heavy (non-hydrogen) atoms. The predicted octanol–water partition coefficient (Wildman–Crippen LogP) is 0.596. The SMILES string of the molecule is CC#CN(C#CC)C(=O)C(C)[O]. The average Bonchev–Trinajstić information content (AvgIpc) is 2.03. The lowest BCUT2D eigenvalue weighted by Gasteiger charge is -2.07. The Balaban J connectivity index is 4.55. The molecule has 0 aliphatic rings. The van der Waals surface area contributed by atoms with Crippen LogP contribution in [0, 0.1) is 23.9 Å². The van der Waals surface area contributed by atoms with E-state index in [-0.39, 0.29) is 0 Å². The van der Waals surface area contributed by atoms with Crippen LogP contribution in [0.25, 0.3) is 0 Å². The van der Waals surface area contributed by atoms with Crippen LogP contribution in [0.3, 0.4) is 0 Å². The third kappa shape index (κ3) is 3.09. The predicted molar refractivity (Wildman–Crippen MR) is 43.9 cm³/mol. The molecular weight excluding hydrogens is 154 g/mol. The van der Waals surface area contributed by atoms with Gasteiger partial charge in [-0.05, 0) is 20.8 Å². The summed E-state index contributed by atoms with van der Waals surface area (Å²) in [5, 5.41) is 10.7. The van der Waals surface area contributed by atoms with Crippen molar-refractivity contribution in [3.63, 3.8) is 0 Å². The van der Waals surface area contributed by atoms with Crippen molar-refractivity contribution in [2.75, 3.05) is 0 Å². The van der Waals surface area contributed by atoms with E-state index >= 15 is 0 Å². The fourth-order valence-corrected chi connectivity index (χ4v) is 0.544. The van der Waals surface area contributed by atoms with E-state index in [1.165, 1.54) is 6.92 Å². The minimum atomic E-state index is -1.31. The van der Waals surface area contributed by atoms with Gasteiger partial charge in [-0.2, -0.15) is 4.90 Å². The quantitative estimate of drug-likeness (QED) is 0.413. The monoisotopic (exact) mass is 164 g/mol. The summed E-state index contributed by atoms with van der Waals surface area (Å²) in [6.45, 7) is 4.42. The summed E-state index contributed by atoms with van der Waals surface area (Å²) in [6, 6.07) is 4.85.